The molecule has 2 aromatic carbocycles. The van der Waals surface area contributed by atoms with E-state index in [-0.39, 0.29) is 5.82 Å². The Hall–Kier alpha value is -2.16. The van der Waals surface area contributed by atoms with E-state index < -0.39 is 0 Å². The second kappa shape index (κ2) is 4.01. The fourth-order valence-electron chi connectivity index (χ4n) is 1.97. The van der Waals surface area contributed by atoms with Crippen LogP contribution in [0.4, 0.5) is 4.39 Å². The molecule has 0 saturated heterocycles. The van der Waals surface area contributed by atoms with Crippen LogP contribution in [0, 0.1) is 5.82 Å². The van der Waals surface area contributed by atoms with Gasteiger partial charge in [-0.3, -0.25) is 0 Å². The lowest BCUT2D eigenvalue weighted by atomic mass is 10.1. The van der Waals surface area contributed by atoms with Gasteiger partial charge >= 0.3 is 0 Å². The lowest BCUT2D eigenvalue weighted by molar-refractivity contribution is 0.639. The maximum Gasteiger partial charge on any atom is 0.131 e. The predicted octanol–water partition coefficient (Wildman–Crippen LogP) is 3.22. The smallest absolute Gasteiger partial charge is 0.131 e. The van der Waals surface area contributed by atoms with Gasteiger partial charge in [0.1, 0.15) is 5.82 Å². The van der Waals surface area contributed by atoms with Crippen LogP contribution in [0.2, 0.25) is 0 Å². The molecule has 3 rings (SSSR count). The Kier molecular flexibility index (Phi) is 2.37. The van der Waals surface area contributed by atoms with Crippen LogP contribution >= 0.6 is 0 Å². The third-order valence-corrected chi connectivity index (χ3v) is 2.82. The molecule has 0 radical (unpaired) electrons. The summed E-state index contributed by atoms with van der Waals surface area (Å²) in [6.07, 6.45) is 5.39. The molecule has 0 aliphatic heterocycles. The average Bonchev–Trinajstić information content (AvgIpc) is 2.83. The highest BCUT2D eigenvalue weighted by molar-refractivity contribution is 5.83. The van der Waals surface area contributed by atoms with Crippen molar-refractivity contribution in [2.45, 2.75) is 6.54 Å². The SMILES string of the molecule is Fc1cccc2ccc(Cn3ccnc3)cc12. The summed E-state index contributed by atoms with van der Waals surface area (Å²) in [6.45, 7) is 0.713. The van der Waals surface area contributed by atoms with Gasteiger partial charge in [0.15, 0.2) is 0 Å². The lowest BCUT2D eigenvalue weighted by Gasteiger charge is -2.05. The number of aromatic nitrogens is 2. The molecule has 17 heavy (non-hydrogen) atoms. The topological polar surface area (TPSA) is 17.8 Å². The van der Waals surface area contributed by atoms with E-state index in [0.717, 1.165) is 10.9 Å². The second-order valence-electron chi connectivity index (χ2n) is 4.03. The van der Waals surface area contributed by atoms with Gasteiger partial charge < -0.3 is 4.57 Å². The summed E-state index contributed by atoms with van der Waals surface area (Å²) in [5, 5.41) is 1.60. The Bertz CT molecular complexity index is 644. The van der Waals surface area contributed by atoms with Gasteiger partial charge in [-0.2, -0.15) is 0 Å². The molecule has 3 heteroatoms. The highest BCUT2D eigenvalue weighted by Gasteiger charge is 2.01. The van der Waals surface area contributed by atoms with Crippen LogP contribution in [0.1, 0.15) is 5.56 Å². The molecular formula is C14H11FN2. The molecular weight excluding hydrogens is 215 g/mol. The van der Waals surface area contributed by atoms with Gasteiger partial charge in [0, 0.05) is 24.3 Å². The molecule has 0 unspecified atom stereocenters. The highest BCUT2D eigenvalue weighted by atomic mass is 19.1. The number of nitrogens with zero attached hydrogens (tertiary/aromatic N) is 2. The summed E-state index contributed by atoms with van der Waals surface area (Å²) < 4.78 is 15.6. The molecule has 1 aromatic heterocycles. The Morgan fingerprint density at radius 1 is 1.18 bits per heavy atom. The van der Waals surface area contributed by atoms with Crippen LogP contribution in [0.15, 0.2) is 55.1 Å². The minimum Gasteiger partial charge on any atom is -0.333 e. The summed E-state index contributed by atoms with van der Waals surface area (Å²) in [5.74, 6) is -0.171. The van der Waals surface area contributed by atoms with Crippen LogP contribution in [0.5, 0.6) is 0 Å². The summed E-state index contributed by atoms with van der Waals surface area (Å²) in [5.41, 5.74) is 1.07. The van der Waals surface area contributed by atoms with Gasteiger partial charge in [0.2, 0.25) is 0 Å². The first-order chi connectivity index (χ1) is 8.33. The van der Waals surface area contributed by atoms with Crippen molar-refractivity contribution in [3.8, 4) is 0 Å². The Labute approximate surface area is 98.3 Å². The van der Waals surface area contributed by atoms with Crippen LogP contribution in [-0.4, -0.2) is 9.55 Å². The van der Waals surface area contributed by atoms with Crippen LogP contribution in [-0.2, 0) is 6.54 Å². The number of fused-ring (bicyclic) bond motifs is 1. The molecule has 0 saturated carbocycles. The molecule has 0 aliphatic rings. The van der Waals surface area contributed by atoms with E-state index in [1.807, 2.05) is 35.0 Å². The molecule has 0 atom stereocenters. The third kappa shape index (κ3) is 1.91. The highest BCUT2D eigenvalue weighted by Crippen LogP contribution is 2.19. The van der Waals surface area contributed by atoms with E-state index in [9.17, 15) is 4.39 Å². The van der Waals surface area contributed by atoms with Crippen molar-refractivity contribution < 1.29 is 4.39 Å². The number of benzene rings is 2. The molecule has 0 fully saturated rings. The first-order valence-corrected chi connectivity index (χ1v) is 5.46. The monoisotopic (exact) mass is 226 g/mol. The molecule has 0 spiro atoms. The van der Waals surface area contributed by atoms with Crippen LogP contribution < -0.4 is 0 Å². The standard InChI is InChI=1S/C14H11FN2/c15-14-3-1-2-12-5-4-11(8-13(12)14)9-17-7-6-16-10-17/h1-8,10H,9H2. The molecule has 0 aliphatic carbocycles. The van der Waals surface area contributed by atoms with E-state index in [1.165, 1.54) is 6.07 Å². The van der Waals surface area contributed by atoms with Gasteiger partial charge in [-0.1, -0.05) is 24.3 Å². The first-order valence-electron chi connectivity index (χ1n) is 5.46. The van der Waals surface area contributed by atoms with Crippen molar-refractivity contribution in [2.24, 2.45) is 0 Å². The number of hydrogen-bond donors (Lipinski definition) is 0. The Morgan fingerprint density at radius 2 is 2.12 bits per heavy atom. The van der Waals surface area contributed by atoms with Gasteiger partial charge in [0.25, 0.3) is 0 Å². The normalized spacial score (nSPS) is 10.9. The zero-order valence-electron chi connectivity index (χ0n) is 9.18. The molecule has 2 nitrogen and oxygen atoms in total. The van der Waals surface area contributed by atoms with Crippen molar-refractivity contribution in [1.29, 1.82) is 0 Å². The zero-order chi connectivity index (χ0) is 11.7. The van der Waals surface area contributed by atoms with Gasteiger partial charge in [-0.25, -0.2) is 9.37 Å². The van der Waals surface area contributed by atoms with Crippen molar-refractivity contribution in [3.63, 3.8) is 0 Å². The van der Waals surface area contributed by atoms with E-state index >= 15 is 0 Å². The number of rotatable bonds is 2. The molecule has 0 amide bonds. The molecule has 0 bridgehead atoms. The molecule has 1 heterocycles. The lowest BCUT2D eigenvalue weighted by Crippen LogP contribution is -1.96. The minimum atomic E-state index is -0.171. The number of imidazole rings is 1. The predicted molar refractivity (Wildman–Crippen MR) is 65.2 cm³/mol. The fraction of sp³-hybridized carbons (Fsp3) is 0.0714. The number of hydrogen-bond acceptors (Lipinski definition) is 1. The van der Waals surface area contributed by atoms with E-state index in [2.05, 4.69) is 4.98 Å². The molecule has 3 aromatic rings. The Balaban J connectivity index is 2.04. The van der Waals surface area contributed by atoms with E-state index in [0.29, 0.717) is 11.9 Å². The number of halogens is 1. The van der Waals surface area contributed by atoms with Crippen molar-refractivity contribution >= 4 is 10.8 Å². The zero-order valence-corrected chi connectivity index (χ0v) is 9.18. The van der Waals surface area contributed by atoms with Crippen molar-refractivity contribution in [3.05, 3.63) is 66.5 Å². The third-order valence-electron chi connectivity index (χ3n) is 2.82. The molecule has 84 valence electrons. The summed E-state index contributed by atoms with van der Waals surface area (Å²) in [6, 6.07) is 11.0. The van der Waals surface area contributed by atoms with Crippen LogP contribution in [0.3, 0.4) is 0 Å². The first kappa shape index (κ1) is 10.0. The summed E-state index contributed by atoms with van der Waals surface area (Å²) in [4.78, 5) is 3.99. The fourth-order valence-corrected chi connectivity index (χ4v) is 1.97. The quantitative estimate of drug-likeness (QED) is 0.656. The summed E-state index contributed by atoms with van der Waals surface area (Å²) in [7, 11) is 0. The maximum absolute atomic E-state index is 13.6. The van der Waals surface area contributed by atoms with Crippen LogP contribution in [0.25, 0.3) is 10.8 Å². The minimum absolute atomic E-state index is 0.171. The van der Waals surface area contributed by atoms with Gasteiger partial charge in [-0.15, -0.1) is 0 Å². The van der Waals surface area contributed by atoms with Gasteiger partial charge in [-0.05, 0) is 23.1 Å². The summed E-state index contributed by atoms with van der Waals surface area (Å²) >= 11 is 0. The Morgan fingerprint density at radius 3 is 2.94 bits per heavy atom. The van der Waals surface area contributed by atoms with E-state index in [1.54, 1.807) is 18.6 Å². The molecule has 0 N–H and O–H groups in total. The van der Waals surface area contributed by atoms with E-state index in [4.69, 9.17) is 0 Å². The van der Waals surface area contributed by atoms with Crippen molar-refractivity contribution in [2.75, 3.05) is 0 Å². The largest absolute Gasteiger partial charge is 0.333 e. The average molecular weight is 226 g/mol. The maximum atomic E-state index is 13.6. The second-order valence-corrected chi connectivity index (χ2v) is 4.03. The van der Waals surface area contributed by atoms with Crippen molar-refractivity contribution in [1.82, 2.24) is 9.55 Å². The van der Waals surface area contributed by atoms with Gasteiger partial charge in [0.05, 0.1) is 6.33 Å².